The van der Waals surface area contributed by atoms with Crippen LogP contribution in [0.2, 0.25) is 0 Å². The minimum atomic E-state index is -4.52. The quantitative estimate of drug-likeness (QED) is 0.467. The minimum Gasteiger partial charge on any atom is -0.497 e. The largest absolute Gasteiger partial charge is 0.497 e. The van der Waals surface area contributed by atoms with Crippen molar-refractivity contribution in [1.82, 2.24) is 4.98 Å². The van der Waals surface area contributed by atoms with Gasteiger partial charge in [-0.25, -0.2) is 4.98 Å². The average molecular weight is 401 g/mol. The van der Waals surface area contributed by atoms with Gasteiger partial charge >= 0.3 is 6.18 Å². The smallest absolute Gasteiger partial charge is 0.417 e. The molecule has 1 aliphatic carbocycles. The summed E-state index contributed by atoms with van der Waals surface area (Å²) in [5.41, 5.74) is 0.452. The normalized spacial score (nSPS) is 15.4. The second kappa shape index (κ2) is 7.93. The lowest BCUT2D eigenvalue weighted by Crippen LogP contribution is -2.08. The Hall–Kier alpha value is -2.76. The maximum Gasteiger partial charge on any atom is 0.417 e. The fourth-order valence-corrected chi connectivity index (χ4v) is 4.03. The fourth-order valence-electron chi connectivity index (χ4n) is 4.03. The summed E-state index contributed by atoms with van der Waals surface area (Å²) in [6.07, 6.45) is 1.16. The van der Waals surface area contributed by atoms with Crippen molar-refractivity contribution in [3.8, 4) is 17.4 Å². The van der Waals surface area contributed by atoms with Crippen LogP contribution in [0.15, 0.2) is 48.5 Å². The molecule has 1 fully saturated rings. The first-order chi connectivity index (χ1) is 14.0. The molecule has 2 aromatic carbocycles. The van der Waals surface area contributed by atoms with Crippen molar-refractivity contribution in [3.05, 3.63) is 59.7 Å². The molecule has 0 amide bonds. The van der Waals surface area contributed by atoms with Crippen LogP contribution in [0.1, 0.15) is 49.1 Å². The summed E-state index contributed by atoms with van der Waals surface area (Å²) in [5, 5.41) is 0.0196. The van der Waals surface area contributed by atoms with Gasteiger partial charge in [0, 0.05) is 17.5 Å². The maximum absolute atomic E-state index is 13.7. The molecular formula is C23H22F3NO2. The van der Waals surface area contributed by atoms with Crippen LogP contribution in [0.4, 0.5) is 13.2 Å². The Kier molecular flexibility index (Phi) is 5.35. The van der Waals surface area contributed by atoms with Crippen molar-refractivity contribution in [1.29, 1.82) is 0 Å². The zero-order chi connectivity index (χ0) is 20.4. The molecular weight excluding hydrogens is 379 g/mol. The number of hydrogen-bond donors (Lipinski definition) is 0. The van der Waals surface area contributed by atoms with Crippen molar-refractivity contribution < 1.29 is 22.6 Å². The number of halogens is 3. The maximum atomic E-state index is 13.7. The van der Waals surface area contributed by atoms with Gasteiger partial charge < -0.3 is 9.47 Å². The van der Waals surface area contributed by atoms with E-state index in [-0.39, 0.29) is 16.8 Å². The summed E-state index contributed by atoms with van der Waals surface area (Å²) >= 11 is 0. The first-order valence-electron chi connectivity index (χ1n) is 9.78. The highest BCUT2D eigenvalue weighted by Crippen LogP contribution is 2.41. The lowest BCUT2D eigenvalue weighted by molar-refractivity contribution is -0.136. The average Bonchev–Trinajstić information content (AvgIpc) is 2.73. The monoisotopic (exact) mass is 401 g/mol. The minimum absolute atomic E-state index is 0.0196. The van der Waals surface area contributed by atoms with Crippen molar-refractivity contribution in [2.45, 2.75) is 44.2 Å². The number of aromatic nitrogens is 1. The number of nitrogens with zero attached hydrogens (tertiary/aromatic N) is 1. The van der Waals surface area contributed by atoms with Crippen molar-refractivity contribution in [2.75, 3.05) is 7.11 Å². The number of ether oxygens (including phenoxy) is 2. The predicted molar refractivity (Wildman–Crippen MR) is 106 cm³/mol. The Morgan fingerprint density at radius 2 is 1.72 bits per heavy atom. The number of alkyl halides is 3. The Balaban J connectivity index is 1.77. The number of benzene rings is 2. The van der Waals surface area contributed by atoms with Crippen LogP contribution in [0, 0.1) is 0 Å². The Morgan fingerprint density at radius 1 is 0.966 bits per heavy atom. The third kappa shape index (κ3) is 4.16. The molecule has 0 N–H and O–H groups in total. The molecule has 29 heavy (non-hydrogen) atoms. The number of fused-ring (bicyclic) bond motifs is 1. The molecule has 1 saturated carbocycles. The van der Waals surface area contributed by atoms with Crippen LogP contribution >= 0.6 is 0 Å². The van der Waals surface area contributed by atoms with Crippen LogP contribution in [0.5, 0.6) is 17.4 Å². The third-order valence-electron chi connectivity index (χ3n) is 5.48. The van der Waals surface area contributed by atoms with Crippen LogP contribution in [-0.4, -0.2) is 12.1 Å². The van der Waals surface area contributed by atoms with E-state index in [0.29, 0.717) is 17.4 Å². The van der Waals surface area contributed by atoms with Gasteiger partial charge in [0.05, 0.1) is 18.2 Å². The number of pyridine rings is 1. The van der Waals surface area contributed by atoms with Crippen LogP contribution in [-0.2, 0) is 6.18 Å². The highest BCUT2D eigenvalue weighted by molar-refractivity contribution is 5.84. The van der Waals surface area contributed by atoms with Gasteiger partial charge in [0.25, 0.3) is 0 Å². The highest BCUT2D eigenvalue weighted by Gasteiger charge is 2.34. The number of hydrogen-bond acceptors (Lipinski definition) is 3. The Morgan fingerprint density at radius 3 is 2.45 bits per heavy atom. The third-order valence-corrected chi connectivity index (χ3v) is 5.48. The van der Waals surface area contributed by atoms with E-state index in [2.05, 4.69) is 4.98 Å². The van der Waals surface area contributed by atoms with E-state index in [0.717, 1.165) is 37.3 Å². The SMILES string of the molecule is COc1ccc2c(C(F)(F)F)cc(Oc3ccccc3C3CCCCC3)nc2c1. The number of para-hydroxylation sites is 1. The van der Waals surface area contributed by atoms with Gasteiger partial charge in [-0.2, -0.15) is 13.2 Å². The molecule has 0 unspecified atom stereocenters. The van der Waals surface area contributed by atoms with Gasteiger partial charge in [-0.3, -0.25) is 0 Å². The Labute approximate surface area is 167 Å². The molecule has 0 bridgehead atoms. The summed E-state index contributed by atoms with van der Waals surface area (Å²) in [5.74, 6) is 1.31. The van der Waals surface area contributed by atoms with Gasteiger partial charge in [-0.1, -0.05) is 37.5 Å². The molecule has 3 aromatic rings. The second-order valence-electron chi connectivity index (χ2n) is 7.36. The van der Waals surface area contributed by atoms with Gasteiger partial charge in [0.2, 0.25) is 5.88 Å². The number of rotatable bonds is 4. The lowest BCUT2D eigenvalue weighted by Gasteiger charge is -2.24. The summed E-state index contributed by atoms with van der Waals surface area (Å²) < 4.78 is 52.1. The van der Waals surface area contributed by atoms with Crippen molar-refractivity contribution in [3.63, 3.8) is 0 Å². The van der Waals surface area contributed by atoms with E-state index in [9.17, 15) is 13.2 Å². The topological polar surface area (TPSA) is 31.4 Å². The van der Waals surface area contributed by atoms with Gasteiger partial charge in [-0.05, 0) is 42.5 Å². The molecule has 0 saturated heterocycles. The molecule has 1 aliphatic rings. The zero-order valence-electron chi connectivity index (χ0n) is 16.1. The second-order valence-corrected chi connectivity index (χ2v) is 7.36. The predicted octanol–water partition coefficient (Wildman–Crippen LogP) is 7.10. The molecule has 6 heteroatoms. The van der Waals surface area contributed by atoms with Crippen LogP contribution in [0.25, 0.3) is 10.9 Å². The molecule has 1 heterocycles. The molecule has 0 radical (unpaired) electrons. The van der Waals surface area contributed by atoms with Gasteiger partial charge in [0.1, 0.15) is 11.5 Å². The molecule has 3 nitrogen and oxygen atoms in total. The van der Waals surface area contributed by atoms with Crippen LogP contribution in [0.3, 0.4) is 0 Å². The summed E-state index contributed by atoms with van der Waals surface area (Å²) in [4.78, 5) is 4.34. The molecule has 0 spiro atoms. The van der Waals surface area contributed by atoms with Crippen molar-refractivity contribution in [2.24, 2.45) is 0 Å². The van der Waals surface area contributed by atoms with E-state index in [1.54, 1.807) is 6.07 Å². The van der Waals surface area contributed by atoms with E-state index in [4.69, 9.17) is 9.47 Å². The lowest BCUT2D eigenvalue weighted by atomic mass is 9.84. The summed E-state index contributed by atoms with van der Waals surface area (Å²) in [6.45, 7) is 0. The molecule has 0 aliphatic heterocycles. The first kappa shape index (κ1) is 19.6. The van der Waals surface area contributed by atoms with Gasteiger partial charge in [-0.15, -0.1) is 0 Å². The van der Waals surface area contributed by atoms with Crippen molar-refractivity contribution >= 4 is 10.9 Å². The Bertz CT molecular complexity index is 1010. The molecule has 1 aromatic heterocycles. The van der Waals surface area contributed by atoms with E-state index in [1.165, 1.54) is 31.7 Å². The molecule has 0 atom stereocenters. The number of methoxy groups -OCH3 is 1. The highest BCUT2D eigenvalue weighted by atomic mass is 19.4. The zero-order valence-corrected chi connectivity index (χ0v) is 16.1. The summed E-state index contributed by atoms with van der Waals surface area (Å²) in [7, 11) is 1.46. The van der Waals surface area contributed by atoms with E-state index < -0.39 is 11.7 Å². The van der Waals surface area contributed by atoms with Gasteiger partial charge in [0.15, 0.2) is 0 Å². The van der Waals surface area contributed by atoms with E-state index >= 15 is 0 Å². The van der Waals surface area contributed by atoms with E-state index in [1.807, 2.05) is 18.2 Å². The molecule has 4 rings (SSSR count). The summed E-state index contributed by atoms with van der Waals surface area (Å²) in [6, 6.07) is 12.9. The standard InChI is InChI=1S/C23H22F3NO2/c1-28-16-11-12-18-19(23(24,25)26)14-22(27-20(18)13-16)29-21-10-6-5-9-17(21)15-7-3-2-4-8-15/h5-6,9-15H,2-4,7-8H2,1H3. The fraction of sp³-hybridized carbons (Fsp3) is 0.348. The van der Waals surface area contributed by atoms with Crippen LogP contribution < -0.4 is 9.47 Å². The first-order valence-corrected chi connectivity index (χ1v) is 9.78. The molecule has 152 valence electrons.